The smallest absolute Gasteiger partial charge is 0.276 e. The summed E-state index contributed by atoms with van der Waals surface area (Å²) < 4.78 is 1.55. The van der Waals surface area contributed by atoms with Crippen molar-refractivity contribution in [3.05, 3.63) is 66.9 Å². The van der Waals surface area contributed by atoms with Crippen LogP contribution in [-0.4, -0.2) is 42.6 Å². The summed E-state index contributed by atoms with van der Waals surface area (Å²) in [5, 5.41) is 14.4. The van der Waals surface area contributed by atoms with Crippen LogP contribution in [0.3, 0.4) is 0 Å². The van der Waals surface area contributed by atoms with Crippen LogP contribution in [-0.2, 0) is 0 Å². The summed E-state index contributed by atoms with van der Waals surface area (Å²) in [5.41, 5.74) is 8.24. The zero-order valence-electron chi connectivity index (χ0n) is 18.0. The number of rotatable bonds is 6. The number of hydrogen-bond acceptors (Lipinski definition) is 8. The Morgan fingerprint density at radius 1 is 1.00 bits per heavy atom. The molecule has 33 heavy (non-hydrogen) atoms. The molecule has 1 amide bonds. The van der Waals surface area contributed by atoms with E-state index in [1.165, 1.54) is 6.20 Å². The van der Waals surface area contributed by atoms with Crippen molar-refractivity contribution in [3.63, 3.8) is 0 Å². The van der Waals surface area contributed by atoms with Gasteiger partial charge in [-0.3, -0.25) is 9.78 Å². The minimum atomic E-state index is -0.314. The number of carbonyl (C=O) groups is 1. The van der Waals surface area contributed by atoms with E-state index in [4.69, 9.17) is 10.8 Å². The molecule has 0 bridgehead atoms. The van der Waals surface area contributed by atoms with Crippen LogP contribution < -0.4 is 21.7 Å². The van der Waals surface area contributed by atoms with Crippen LogP contribution in [0.5, 0.6) is 0 Å². The summed E-state index contributed by atoms with van der Waals surface area (Å²) in [4.78, 5) is 25.8. The van der Waals surface area contributed by atoms with Gasteiger partial charge in [0.05, 0.1) is 11.9 Å². The third kappa shape index (κ3) is 4.75. The van der Waals surface area contributed by atoms with Crippen molar-refractivity contribution in [1.29, 1.82) is 0 Å². The third-order valence-electron chi connectivity index (χ3n) is 5.69. The van der Waals surface area contributed by atoms with E-state index in [2.05, 4.69) is 30.9 Å². The zero-order valence-corrected chi connectivity index (χ0v) is 18.0. The number of nitrogens with two attached hydrogens (primary N) is 1. The molecule has 0 unspecified atom stereocenters. The maximum Gasteiger partial charge on any atom is 0.276 e. The quantitative estimate of drug-likeness (QED) is 0.357. The van der Waals surface area contributed by atoms with Crippen LogP contribution in [0.25, 0.3) is 5.65 Å². The van der Waals surface area contributed by atoms with Crippen molar-refractivity contribution in [2.45, 2.75) is 37.8 Å². The van der Waals surface area contributed by atoms with Crippen LogP contribution in [0, 0.1) is 0 Å². The van der Waals surface area contributed by atoms with Crippen molar-refractivity contribution < 1.29 is 4.79 Å². The summed E-state index contributed by atoms with van der Waals surface area (Å²) in [7, 11) is 0. The van der Waals surface area contributed by atoms with E-state index in [9.17, 15) is 4.79 Å². The second kappa shape index (κ2) is 9.21. The monoisotopic (exact) mass is 443 g/mol. The average molecular weight is 444 g/mol. The number of anilines is 4. The number of hydrogen-bond donors (Lipinski definition) is 4. The van der Waals surface area contributed by atoms with Crippen LogP contribution in [0.15, 0.2) is 61.2 Å². The first kappa shape index (κ1) is 20.8. The number of pyridine rings is 2. The Labute approximate surface area is 190 Å². The van der Waals surface area contributed by atoms with Gasteiger partial charge < -0.3 is 21.7 Å². The molecule has 5 N–H and O–H groups in total. The van der Waals surface area contributed by atoms with Crippen LogP contribution >= 0.6 is 0 Å². The van der Waals surface area contributed by atoms with Gasteiger partial charge in [-0.25, -0.2) is 14.5 Å². The Balaban J connectivity index is 1.49. The van der Waals surface area contributed by atoms with E-state index < -0.39 is 0 Å². The molecule has 1 aliphatic rings. The molecule has 1 fully saturated rings. The standard InChI is InChI=1S/C23H25N9O/c24-15-4-6-16(7-5-15)28-21-13-18(30-20-3-1-2-10-26-20)22-27-14-19(32(22)31-21)23(33)29-17-8-11-25-12-9-17/h1-3,8-16H,4-7,24H2,(H,26,30)(H,28,31)(H,25,29,33). The van der Waals surface area contributed by atoms with Gasteiger partial charge in [-0.05, 0) is 49.9 Å². The molecule has 0 aliphatic heterocycles. The molecule has 4 heterocycles. The van der Waals surface area contributed by atoms with Gasteiger partial charge in [0.2, 0.25) is 0 Å². The molecule has 0 atom stereocenters. The van der Waals surface area contributed by atoms with Gasteiger partial charge in [0.1, 0.15) is 11.6 Å². The van der Waals surface area contributed by atoms with E-state index in [0.29, 0.717) is 34.4 Å². The highest BCUT2D eigenvalue weighted by molar-refractivity contribution is 6.03. The molecule has 10 heteroatoms. The van der Waals surface area contributed by atoms with Gasteiger partial charge >= 0.3 is 0 Å². The molecule has 10 nitrogen and oxygen atoms in total. The topological polar surface area (TPSA) is 135 Å². The van der Waals surface area contributed by atoms with Crippen LogP contribution in [0.1, 0.15) is 36.2 Å². The fourth-order valence-electron chi connectivity index (χ4n) is 3.96. The molecule has 5 rings (SSSR count). The summed E-state index contributed by atoms with van der Waals surface area (Å²) in [6.07, 6.45) is 10.4. The van der Waals surface area contributed by atoms with E-state index in [1.54, 1.807) is 35.2 Å². The van der Waals surface area contributed by atoms with E-state index >= 15 is 0 Å². The largest absolute Gasteiger partial charge is 0.366 e. The number of fused-ring (bicyclic) bond motifs is 1. The first-order chi connectivity index (χ1) is 16.2. The van der Waals surface area contributed by atoms with Crippen molar-refractivity contribution in [3.8, 4) is 0 Å². The SMILES string of the molecule is NC1CCC(Nc2cc(Nc3ccccn3)c3ncc(C(=O)Nc4ccncc4)n3n2)CC1. The maximum absolute atomic E-state index is 13.0. The first-order valence-corrected chi connectivity index (χ1v) is 11.0. The molecule has 1 aliphatic carbocycles. The number of aromatic nitrogens is 5. The lowest BCUT2D eigenvalue weighted by Gasteiger charge is -2.27. The zero-order chi connectivity index (χ0) is 22.6. The molecular formula is C23H25N9O. The van der Waals surface area contributed by atoms with E-state index in [0.717, 1.165) is 25.7 Å². The molecule has 4 aromatic heterocycles. The van der Waals surface area contributed by atoms with Crippen molar-refractivity contribution in [2.24, 2.45) is 5.73 Å². The minimum Gasteiger partial charge on any atom is -0.366 e. The Kier molecular flexibility index (Phi) is 5.81. The number of imidazole rings is 1. The van der Waals surface area contributed by atoms with E-state index in [1.807, 2.05) is 24.3 Å². The lowest BCUT2D eigenvalue weighted by molar-refractivity contribution is 0.102. The molecule has 168 valence electrons. The Morgan fingerprint density at radius 3 is 2.58 bits per heavy atom. The fourth-order valence-corrected chi connectivity index (χ4v) is 3.96. The number of nitrogens with zero attached hydrogens (tertiary/aromatic N) is 5. The van der Waals surface area contributed by atoms with Gasteiger partial charge in [0.15, 0.2) is 11.3 Å². The lowest BCUT2D eigenvalue weighted by Crippen LogP contribution is -2.33. The molecule has 0 aromatic carbocycles. The highest BCUT2D eigenvalue weighted by atomic mass is 16.2. The minimum absolute atomic E-state index is 0.261. The first-order valence-electron chi connectivity index (χ1n) is 11.0. The fraction of sp³-hybridized carbons (Fsp3) is 0.261. The number of amides is 1. The third-order valence-corrected chi connectivity index (χ3v) is 5.69. The second-order valence-corrected chi connectivity index (χ2v) is 8.11. The summed E-state index contributed by atoms with van der Waals surface area (Å²) in [6.45, 7) is 0. The Morgan fingerprint density at radius 2 is 1.82 bits per heavy atom. The van der Waals surface area contributed by atoms with Gasteiger partial charge in [-0.2, -0.15) is 0 Å². The Hall–Kier alpha value is -4.05. The molecule has 4 aromatic rings. The van der Waals surface area contributed by atoms with Gasteiger partial charge in [0.25, 0.3) is 5.91 Å². The molecule has 0 spiro atoms. The van der Waals surface area contributed by atoms with Gasteiger partial charge in [0, 0.05) is 42.4 Å². The highest BCUT2D eigenvalue weighted by Crippen LogP contribution is 2.26. The van der Waals surface area contributed by atoms with Crippen molar-refractivity contribution in [1.82, 2.24) is 24.6 Å². The van der Waals surface area contributed by atoms with E-state index in [-0.39, 0.29) is 18.0 Å². The summed E-state index contributed by atoms with van der Waals surface area (Å²) in [5.74, 6) is 1.01. The summed E-state index contributed by atoms with van der Waals surface area (Å²) in [6, 6.07) is 11.5. The second-order valence-electron chi connectivity index (χ2n) is 8.11. The maximum atomic E-state index is 13.0. The highest BCUT2D eigenvalue weighted by Gasteiger charge is 2.21. The average Bonchev–Trinajstić information content (AvgIpc) is 3.26. The molecule has 0 saturated heterocycles. The van der Waals surface area contributed by atoms with Crippen LogP contribution in [0.2, 0.25) is 0 Å². The number of carbonyl (C=O) groups excluding carboxylic acids is 1. The lowest BCUT2D eigenvalue weighted by atomic mass is 9.92. The molecular weight excluding hydrogens is 418 g/mol. The predicted molar refractivity (Wildman–Crippen MR) is 127 cm³/mol. The molecule has 1 saturated carbocycles. The summed E-state index contributed by atoms with van der Waals surface area (Å²) >= 11 is 0. The van der Waals surface area contributed by atoms with Crippen LogP contribution in [0.4, 0.5) is 23.0 Å². The van der Waals surface area contributed by atoms with Gasteiger partial charge in [-0.1, -0.05) is 6.07 Å². The molecule has 0 radical (unpaired) electrons. The van der Waals surface area contributed by atoms with Gasteiger partial charge in [-0.15, -0.1) is 5.10 Å². The Bertz CT molecular complexity index is 1240. The predicted octanol–water partition coefficient (Wildman–Crippen LogP) is 3.20. The number of nitrogens with one attached hydrogen (secondary N) is 3. The normalized spacial score (nSPS) is 18.1. The van der Waals surface area contributed by atoms with Crippen molar-refractivity contribution >= 4 is 34.6 Å². The van der Waals surface area contributed by atoms with Crippen molar-refractivity contribution in [2.75, 3.05) is 16.0 Å².